The summed E-state index contributed by atoms with van der Waals surface area (Å²) < 4.78 is 0. The van der Waals surface area contributed by atoms with E-state index in [4.69, 9.17) is 0 Å². The smallest absolute Gasteiger partial charge is 0.251 e. The molecule has 126 valence electrons. The van der Waals surface area contributed by atoms with E-state index in [0.717, 1.165) is 18.1 Å². The van der Waals surface area contributed by atoms with Crippen molar-refractivity contribution in [2.75, 3.05) is 23.4 Å². The summed E-state index contributed by atoms with van der Waals surface area (Å²) in [6.45, 7) is 6.78. The molecule has 1 aliphatic heterocycles. The standard InChI is InChI=1S/C17H25N3O2S/c1-17(2,3)20-16(22)12-4-6-13(7-5-12)19-15(21)10-14-11-23-9-8-18-14/h4-7,14,18H,8-11H2,1-3H3,(H,19,21)(H,20,22). The third-order valence-electron chi connectivity index (χ3n) is 3.35. The molecular formula is C17H25N3O2S. The number of carbonyl (C=O) groups excluding carboxylic acids is 2. The second-order valence-electron chi connectivity index (χ2n) is 6.76. The van der Waals surface area contributed by atoms with Crippen LogP contribution in [-0.2, 0) is 4.79 Å². The van der Waals surface area contributed by atoms with E-state index in [1.54, 1.807) is 24.3 Å². The molecular weight excluding hydrogens is 310 g/mol. The first-order valence-corrected chi connectivity index (χ1v) is 9.02. The van der Waals surface area contributed by atoms with Gasteiger partial charge in [0.2, 0.25) is 5.91 Å². The molecule has 0 aromatic heterocycles. The Bertz CT molecular complexity index is 546. The van der Waals surface area contributed by atoms with E-state index in [0.29, 0.717) is 17.7 Å². The van der Waals surface area contributed by atoms with Crippen molar-refractivity contribution in [2.24, 2.45) is 0 Å². The predicted octanol–water partition coefficient (Wildman–Crippen LogP) is 2.25. The van der Waals surface area contributed by atoms with Gasteiger partial charge in [-0.1, -0.05) is 0 Å². The van der Waals surface area contributed by atoms with Crippen molar-refractivity contribution in [1.82, 2.24) is 10.6 Å². The first-order chi connectivity index (χ1) is 10.8. The van der Waals surface area contributed by atoms with Crippen LogP contribution in [0.3, 0.4) is 0 Å². The number of hydrogen-bond acceptors (Lipinski definition) is 4. The highest BCUT2D eigenvalue weighted by atomic mass is 32.2. The lowest BCUT2D eigenvalue weighted by Crippen LogP contribution is -2.40. The second-order valence-corrected chi connectivity index (χ2v) is 7.91. The molecule has 1 heterocycles. The fourth-order valence-electron chi connectivity index (χ4n) is 2.30. The average Bonchev–Trinajstić information content (AvgIpc) is 2.47. The maximum atomic E-state index is 12.0. The number of amides is 2. The Labute approximate surface area is 142 Å². The minimum absolute atomic E-state index is 0.00288. The highest BCUT2D eigenvalue weighted by molar-refractivity contribution is 7.99. The highest BCUT2D eigenvalue weighted by Crippen LogP contribution is 2.14. The maximum Gasteiger partial charge on any atom is 0.251 e. The van der Waals surface area contributed by atoms with Crippen molar-refractivity contribution < 1.29 is 9.59 Å². The van der Waals surface area contributed by atoms with Gasteiger partial charge in [0.25, 0.3) is 5.91 Å². The van der Waals surface area contributed by atoms with E-state index in [1.807, 2.05) is 32.5 Å². The molecule has 2 amide bonds. The van der Waals surface area contributed by atoms with Gasteiger partial charge in [-0.15, -0.1) is 0 Å². The lowest BCUT2D eigenvalue weighted by atomic mass is 10.1. The molecule has 0 spiro atoms. The van der Waals surface area contributed by atoms with Crippen LogP contribution in [0.2, 0.25) is 0 Å². The quantitative estimate of drug-likeness (QED) is 0.789. The predicted molar refractivity (Wildman–Crippen MR) is 96.0 cm³/mol. The van der Waals surface area contributed by atoms with Gasteiger partial charge in [0, 0.05) is 47.3 Å². The third-order valence-corrected chi connectivity index (χ3v) is 4.48. The number of nitrogens with one attached hydrogen (secondary N) is 3. The molecule has 1 saturated heterocycles. The van der Waals surface area contributed by atoms with Crippen LogP contribution in [0.1, 0.15) is 37.6 Å². The molecule has 1 aromatic carbocycles. The molecule has 1 fully saturated rings. The zero-order chi connectivity index (χ0) is 16.9. The average molecular weight is 335 g/mol. The monoisotopic (exact) mass is 335 g/mol. The fourth-order valence-corrected chi connectivity index (χ4v) is 3.25. The van der Waals surface area contributed by atoms with Gasteiger partial charge in [0.1, 0.15) is 0 Å². The maximum absolute atomic E-state index is 12.0. The normalized spacial score (nSPS) is 18.3. The number of hydrogen-bond donors (Lipinski definition) is 3. The molecule has 0 saturated carbocycles. The molecule has 0 radical (unpaired) electrons. The molecule has 1 atom stereocenters. The van der Waals surface area contributed by atoms with E-state index in [1.165, 1.54) is 0 Å². The van der Waals surface area contributed by atoms with Gasteiger partial charge in [0.15, 0.2) is 0 Å². The Morgan fingerprint density at radius 1 is 1.26 bits per heavy atom. The van der Waals surface area contributed by atoms with Crippen molar-refractivity contribution in [3.63, 3.8) is 0 Å². The van der Waals surface area contributed by atoms with Crippen LogP contribution in [-0.4, -0.2) is 41.4 Å². The summed E-state index contributed by atoms with van der Waals surface area (Å²) in [6, 6.07) is 7.22. The number of rotatable bonds is 4. The molecule has 0 aliphatic carbocycles. The molecule has 5 nitrogen and oxygen atoms in total. The highest BCUT2D eigenvalue weighted by Gasteiger charge is 2.17. The Morgan fingerprint density at radius 3 is 2.52 bits per heavy atom. The fraction of sp³-hybridized carbons (Fsp3) is 0.529. The summed E-state index contributed by atoms with van der Waals surface area (Å²) >= 11 is 1.87. The van der Waals surface area contributed by atoms with Gasteiger partial charge in [-0.25, -0.2) is 0 Å². The minimum atomic E-state index is -0.269. The summed E-state index contributed by atoms with van der Waals surface area (Å²) in [5.41, 5.74) is 1.03. The van der Waals surface area contributed by atoms with Crippen LogP contribution in [0.4, 0.5) is 5.69 Å². The Hall–Kier alpha value is -1.53. The van der Waals surface area contributed by atoms with E-state index in [-0.39, 0.29) is 23.4 Å². The van der Waals surface area contributed by atoms with Gasteiger partial charge in [-0.3, -0.25) is 9.59 Å². The summed E-state index contributed by atoms with van der Waals surface area (Å²) in [6.07, 6.45) is 0.471. The summed E-state index contributed by atoms with van der Waals surface area (Å²) in [5, 5.41) is 9.14. The lowest BCUT2D eigenvalue weighted by molar-refractivity contribution is -0.116. The number of thioether (sulfide) groups is 1. The van der Waals surface area contributed by atoms with Crippen LogP contribution < -0.4 is 16.0 Å². The van der Waals surface area contributed by atoms with Crippen LogP contribution in [0.25, 0.3) is 0 Å². The second kappa shape index (κ2) is 7.84. The summed E-state index contributed by atoms with van der Waals surface area (Å²) in [7, 11) is 0. The molecule has 23 heavy (non-hydrogen) atoms. The van der Waals surface area contributed by atoms with Gasteiger partial charge in [-0.2, -0.15) is 11.8 Å². The molecule has 0 bridgehead atoms. The Morgan fingerprint density at radius 2 is 1.96 bits per heavy atom. The Balaban J connectivity index is 1.86. The number of carbonyl (C=O) groups is 2. The molecule has 1 unspecified atom stereocenters. The van der Waals surface area contributed by atoms with Crippen molar-refractivity contribution in [3.8, 4) is 0 Å². The van der Waals surface area contributed by atoms with Crippen LogP contribution in [0.15, 0.2) is 24.3 Å². The van der Waals surface area contributed by atoms with E-state index in [2.05, 4.69) is 16.0 Å². The molecule has 1 aromatic rings. The van der Waals surface area contributed by atoms with Crippen molar-refractivity contribution >= 4 is 29.3 Å². The molecule has 3 N–H and O–H groups in total. The number of benzene rings is 1. The van der Waals surface area contributed by atoms with E-state index < -0.39 is 0 Å². The van der Waals surface area contributed by atoms with Crippen LogP contribution in [0.5, 0.6) is 0 Å². The van der Waals surface area contributed by atoms with Gasteiger partial charge < -0.3 is 16.0 Å². The van der Waals surface area contributed by atoms with Crippen molar-refractivity contribution in [2.45, 2.75) is 38.8 Å². The van der Waals surface area contributed by atoms with Crippen LogP contribution in [0, 0.1) is 0 Å². The molecule has 6 heteroatoms. The van der Waals surface area contributed by atoms with Gasteiger partial charge in [0.05, 0.1) is 0 Å². The third kappa shape index (κ3) is 6.23. The SMILES string of the molecule is CC(C)(C)NC(=O)c1ccc(NC(=O)CC2CSCCN2)cc1. The molecule has 1 aliphatic rings. The summed E-state index contributed by atoms with van der Waals surface area (Å²) in [5.74, 6) is 1.96. The largest absolute Gasteiger partial charge is 0.347 e. The van der Waals surface area contributed by atoms with Crippen molar-refractivity contribution in [3.05, 3.63) is 29.8 Å². The zero-order valence-corrected chi connectivity index (χ0v) is 14.8. The van der Waals surface area contributed by atoms with E-state index in [9.17, 15) is 9.59 Å². The zero-order valence-electron chi connectivity index (χ0n) is 13.9. The van der Waals surface area contributed by atoms with Gasteiger partial charge >= 0.3 is 0 Å². The minimum Gasteiger partial charge on any atom is -0.347 e. The van der Waals surface area contributed by atoms with Crippen molar-refractivity contribution in [1.29, 1.82) is 0 Å². The lowest BCUT2D eigenvalue weighted by Gasteiger charge is -2.22. The first kappa shape index (κ1) is 17.8. The van der Waals surface area contributed by atoms with Gasteiger partial charge in [-0.05, 0) is 45.0 Å². The summed E-state index contributed by atoms with van der Waals surface area (Å²) in [4.78, 5) is 24.1. The Kier molecular flexibility index (Phi) is 6.07. The van der Waals surface area contributed by atoms with Crippen LogP contribution >= 0.6 is 11.8 Å². The first-order valence-electron chi connectivity index (χ1n) is 7.87. The topological polar surface area (TPSA) is 70.2 Å². The number of anilines is 1. The molecule has 2 rings (SSSR count). The van der Waals surface area contributed by atoms with E-state index >= 15 is 0 Å².